The summed E-state index contributed by atoms with van der Waals surface area (Å²) in [5, 5.41) is 11.4. The molecule has 20 heavy (non-hydrogen) atoms. The predicted octanol–water partition coefficient (Wildman–Crippen LogP) is 3.58. The van der Waals surface area contributed by atoms with Gasteiger partial charge in [-0.15, -0.1) is 0 Å². The van der Waals surface area contributed by atoms with E-state index < -0.39 is 4.92 Å². The summed E-state index contributed by atoms with van der Waals surface area (Å²) in [5.41, 5.74) is 6.26. The van der Waals surface area contributed by atoms with E-state index in [1.54, 1.807) is 18.2 Å². The lowest BCUT2D eigenvalue weighted by Gasteiger charge is -2.08. The first-order valence-corrected chi connectivity index (χ1v) is 6.25. The first-order valence-electron chi connectivity index (χ1n) is 5.88. The molecule has 0 atom stereocenters. The van der Waals surface area contributed by atoms with E-state index in [0.29, 0.717) is 10.8 Å². The normalized spacial score (nSPS) is 10.3. The molecule has 0 radical (unpaired) electrons. The predicted molar refractivity (Wildman–Crippen MR) is 76.2 cm³/mol. The Morgan fingerprint density at radius 2 is 2.15 bits per heavy atom. The molecule has 2 N–H and O–H groups in total. The summed E-state index contributed by atoms with van der Waals surface area (Å²) in [7, 11) is 0. The van der Waals surface area contributed by atoms with Crippen LogP contribution in [0.15, 0.2) is 30.3 Å². The molecule has 1 aromatic carbocycles. The van der Waals surface area contributed by atoms with Crippen molar-refractivity contribution in [3.63, 3.8) is 0 Å². The fraction of sp³-hybridized carbons (Fsp3) is 0.154. The van der Waals surface area contributed by atoms with Crippen LogP contribution in [0.2, 0.25) is 5.02 Å². The quantitative estimate of drug-likeness (QED) is 0.687. The Morgan fingerprint density at radius 3 is 2.80 bits per heavy atom. The highest BCUT2D eigenvalue weighted by Gasteiger charge is 2.11. The van der Waals surface area contributed by atoms with E-state index in [1.807, 2.05) is 6.92 Å². The monoisotopic (exact) mass is 293 g/mol. The van der Waals surface area contributed by atoms with Gasteiger partial charge in [0.05, 0.1) is 17.1 Å². The molecule has 0 aliphatic heterocycles. The molecule has 0 saturated heterocycles. The van der Waals surface area contributed by atoms with Crippen molar-refractivity contribution in [2.24, 2.45) is 0 Å². The molecule has 0 unspecified atom stereocenters. The van der Waals surface area contributed by atoms with E-state index in [4.69, 9.17) is 22.1 Å². The molecule has 2 aromatic rings. The second-order valence-electron chi connectivity index (χ2n) is 4.05. The number of hydrogen-bond acceptors (Lipinski definition) is 5. The molecular formula is C13H12ClN3O3. The van der Waals surface area contributed by atoms with Crippen LogP contribution < -0.4 is 10.5 Å². The number of halogens is 1. The van der Waals surface area contributed by atoms with Gasteiger partial charge in [0.25, 0.3) is 5.69 Å². The van der Waals surface area contributed by atoms with Crippen LogP contribution in [0.4, 0.5) is 11.5 Å². The van der Waals surface area contributed by atoms with Crippen LogP contribution in [0, 0.1) is 10.1 Å². The smallest absolute Gasteiger partial charge is 0.278 e. The third-order valence-electron chi connectivity index (χ3n) is 2.64. The van der Waals surface area contributed by atoms with Crippen molar-refractivity contribution in [3.05, 3.63) is 51.0 Å². The van der Waals surface area contributed by atoms with Gasteiger partial charge in [0.2, 0.25) is 5.88 Å². The summed E-state index contributed by atoms with van der Waals surface area (Å²) in [4.78, 5) is 14.1. The number of rotatable bonds is 4. The molecule has 1 heterocycles. The van der Waals surface area contributed by atoms with Crippen LogP contribution in [0.25, 0.3) is 0 Å². The number of benzene rings is 1. The molecule has 0 aliphatic rings. The van der Waals surface area contributed by atoms with Gasteiger partial charge in [0, 0.05) is 5.02 Å². The Hall–Kier alpha value is -2.34. The highest BCUT2D eigenvalue weighted by Crippen LogP contribution is 2.28. The zero-order valence-electron chi connectivity index (χ0n) is 10.7. The molecule has 7 heteroatoms. The average Bonchev–Trinajstić information content (AvgIpc) is 2.40. The number of nitrogens with two attached hydrogens (primary N) is 1. The summed E-state index contributed by atoms with van der Waals surface area (Å²) < 4.78 is 5.49. The highest BCUT2D eigenvalue weighted by atomic mass is 35.5. The molecule has 104 valence electrons. The minimum atomic E-state index is -0.551. The van der Waals surface area contributed by atoms with Gasteiger partial charge in [-0.05, 0) is 30.2 Å². The van der Waals surface area contributed by atoms with E-state index in [1.165, 1.54) is 12.1 Å². The van der Waals surface area contributed by atoms with E-state index in [0.717, 1.165) is 12.0 Å². The molecule has 1 aromatic heterocycles. The van der Waals surface area contributed by atoms with E-state index >= 15 is 0 Å². The van der Waals surface area contributed by atoms with Crippen LogP contribution in [-0.2, 0) is 6.42 Å². The van der Waals surface area contributed by atoms with Crippen molar-refractivity contribution in [2.45, 2.75) is 13.3 Å². The van der Waals surface area contributed by atoms with Crippen molar-refractivity contribution in [3.8, 4) is 11.6 Å². The number of aryl methyl sites for hydroxylation is 1. The topological polar surface area (TPSA) is 91.3 Å². The molecule has 0 spiro atoms. The van der Waals surface area contributed by atoms with Gasteiger partial charge in [-0.1, -0.05) is 18.5 Å². The number of nitro groups is 1. The fourth-order valence-corrected chi connectivity index (χ4v) is 1.93. The van der Waals surface area contributed by atoms with Gasteiger partial charge < -0.3 is 10.5 Å². The summed E-state index contributed by atoms with van der Waals surface area (Å²) in [5.74, 6) is 0.596. The number of nitrogen functional groups attached to an aromatic ring is 1. The van der Waals surface area contributed by atoms with Crippen LogP contribution in [0.5, 0.6) is 11.6 Å². The zero-order valence-corrected chi connectivity index (χ0v) is 11.4. The Labute approximate surface area is 120 Å². The van der Waals surface area contributed by atoms with E-state index in [-0.39, 0.29) is 17.4 Å². The number of nitrogens with zero attached hydrogens (tertiary/aromatic N) is 2. The van der Waals surface area contributed by atoms with Gasteiger partial charge in [-0.2, -0.15) is 4.98 Å². The SMILES string of the molecule is CCc1cc(Oc2cc([N+](=O)[O-])cc(N)n2)ccc1Cl. The minimum absolute atomic E-state index is 0.0267. The van der Waals surface area contributed by atoms with Crippen LogP contribution in [0.3, 0.4) is 0 Å². The molecule has 0 saturated carbocycles. The second kappa shape index (κ2) is 5.75. The molecule has 0 amide bonds. The minimum Gasteiger partial charge on any atom is -0.439 e. The van der Waals surface area contributed by atoms with Crippen LogP contribution >= 0.6 is 11.6 Å². The molecule has 2 rings (SSSR count). The fourth-order valence-electron chi connectivity index (χ4n) is 1.68. The molecule has 0 bridgehead atoms. The lowest BCUT2D eigenvalue weighted by atomic mass is 10.1. The van der Waals surface area contributed by atoms with E-state index in [2.05, 4.69) is 4.98 Å². The van der Waals surface area contributed by atoms with Gasteiger partial charge in [0.15, 0.2) is 0 Å². The van der Waals surface area contributed by atoms with Gasteiger partial charge in [-0.3, -0.25) is 10.1 Å². The van der Waals surface area contributed by atoms with E-state index in [9.17, 15) is 10.1 Å². The van der Waals surface area contributed by atoms with Crippen molar-refractivity contribution in [1.82, 2.24) is 4.98 Å². The van der Waals surface area contributed by atoms with Crippen molar-refractivity contribution < 1.29 is 9.66 Å². The van der Waals surface area contributed by atoms with Crippen LogP contribution in [0.1, 0.15) is 12.5 Å². The number of aromatic nitrogens is 1. The van der Waals surface area contributed by atoms with Gasteiger partial charge in [-0.25, -0.2) is 0 Å². The van der Waals surface area contributed by atoms with Gasteiger partial charge >= 0.3 is 0 Å². The molecule has 6 nitrogen and oxygen atoms in total. The number of ether oxygens (including phenoxy) is 1. The summed E-state index contributed by atoms with van der Waals surface area (Å²) in [6.45, 7) is 1.97. The van der Waals surface area contributed by atoms with Crippen molar-refractivity contribution in [1.29, 1.82) is 0 Å². The standard InChI is InChI=1S/C13H12ClN3O3/c1-2-8-5-10(3-4-11(8)14)20-13-7-9(17(18)19)6-12(15)16-13/h3-7H,2H2,1H3,(H2,15,16). The first kappa shape index (κ1) is 14.1. The first-order chi connectivity index (χ1) is 9.49. The summed E-state index contributed by atoms with van der Waals surface area (Å²) in [6.07, 6.45) is 0.751. The zero-order chi connectivity index (χ0) is 14.7. The molecular weight excluding hydrogens is 282 g/mol. The number of hydrogen-bond donors (Lipinski definition) is 1. The van der Waals surface area contributed by atoms with Crippen molar-refractivity contribution in [2.75, 3.05) is 5.73 Å². The lowest BCUT2D eigenvalue weighted by Crippen LogP contribution is -1.97. The lowest BCUT2D eigenvalue weighted by molar-refractivity contribution is -0.384. The maximum atomic E-state index is 10.8. The second-order valence-corrected chi connectivity index (χ2v) is 4.46. The maximum absolute atomic E-state index is 10.8. The average molecular weight is 294 g/mol. The third-order valence-corrected chi connectivity index (χ3v) is 3.01. The Kier molecular flexibility index (Phi) is 4.05. The highest BCUT2D eigenvalue weighted by molar-refractivity contribution is 6.31. The largest absolute Gasteiger partial charge is 0.439 e. The maximum Gasteiger partial charge on any atom is 0.278 e. The van der Waals surface area contributed by atoms with Crippen LogP contribution in [-0.4, -0.2) is 9.91 Å². The number of anilines is 1. The Bertz CT molecular complexity index is 661. The summed E-state index contributed by atoms with van der Waals surface area (Å²) in [6, 6.07) is 7.52. The number of pyridine rings is 1. The Balaban J connectivity index is 2.32. The molecule has 0 fully saturated rings. The third kappa shape index (κ3) is 3.16. The van der Waals surface area contributed by atoms with Crippen molar-refractivity contribution >= 4 is 23.1 Å². The van der Waals surface area contributed by atoms with Gasteiger partial charge in [0.1, 0.15) is 11.6 Å². The molecule has 0 aliphatic carbocycles. The Morgan fingerprint density at radius 1 is 1.40 bits per heavy atom. The summed E-state index contributed by atoms with van der Waals surface area (Å²) >= 11 is 6.01.